The maximum absolute atomic E-state index is 12.6. The normalized spacial score (nSPS) is 17.7. The number of carbonyl (C=O) groups is 1. The van der Waals surface area contributed by atoms with E-state index in [1.807, 2.05) is 23.7 Å². The third-order valence-corrected chi connectivity index (χ3v) is 5.44. The number of nitrogens with zero attached hydrogens (tertiary/aromatic N) is 5. The number of aliphatic hydroxyl groups excluding tert-OH is 1. The first-order valence-corrected chi connectivity index (χ1v) is 9.50. The van der Waals surface area contributed by atoms with Gasteiger partial charge < -0.3 is 10.0 Å². The molecule has 4 rings (SSSR count). The largest absolute Gasteiger partial charge is 0.386 e. The van der Waals surface area contributed by atoms with Crippen LogP contribution in [0.25, 0.3) is 0 Å². The zero-order valence-corrected chi connectivity index (χ0v) is 15.8. The van der Waals surface area contributed by atoms with Gasteiger partial charge in [0.25, 0.3) is 0 Å². The summed E-state index contributed by atoms with van der Waals surface area (Å²) in [4.78, 5) is 30.4. The molecule has 0 spiro atoms. The molecule has 1 fully saturated rings. The minimum Gasteiger partial charge on any atom is -0.386 e. The van der Waals surface area contributed by atoms with Gasteiger partial charge in [-0.2, -0.15) is 10.1 Å². The van der Waals surface area contributed by atoms with E-state index < -0.39 is 6.10 Å². The van der Waals surface area contributed by atoms with Crippen molar-refractivity contribution < 1.29 is 9.90 Å². The van der Waals surface area contributed by atoms with Crippen LogP contribution in [-0.2, 0) is 24.4 Å². The number of aromatic nitrogens is 4. The number of aryl methyl sites for hydroxylation is 2. The SMILES string of the molecule is Cc1cc(C)n(CCC(=O)N2CCn3nc([C@@H](O)C4CC4)cc3C2)c(=O)n1. The lowest BCUT2D eigenvalue weighted by Gasteiger charge is -2.28. The fourth-order valence-electron chi connectivity index (χ4n) is 3.71. The van der Waals surface area contributed by atoms with E-state index in [1.54, 1.807) is 16.4 Å². The number of hydrogen-bond donors (Lipinski definition) is 1. The molecule has 2 aliphatic rings. The van der Waals surface area contributed by atoms with Crippen molar-refractivity contribution >= 4 is 5.91 Å². The minimum atomic E-state index is -0.490. The lowest BCUT2D eigenvalue weighted by atomic mass is 10.1. The molecule has 0 aromatic carbocycles. The first kappa shape index (κ1) is 17.9. The Bertz CT molecular complexity index is 928. The summed E-state index contributed by atoms with van der Waals surface area (Å²) in [5, 5.41) is 14.8. The predicted molar refractivity (Wildman–Crippen MR) is 97.9 cm³/mol. The molecule has 8 nitrogen and oxygen atoms in total. The monoisotopic (exact) mass is 371 g/mol. The number of rotatable bonds is 5. The fourth-order valence-corrected chi connectivity index (χ4v) is 3.71. The number of carbonyl (C=O) groups excluding carboxylic acids is 1. The Balaban J connectivity index is 1.40. The van der Waals surface area contributed by atoms with Gasteiger partial charge in [-0.1, -0.05) is 0 Å². The molecule has 1 atom stereocenters. The van der Waals surface area contributed by atoms with Gasteiger partial charge in [0.1, 0.15) is 6.10 Å². The van der Waals surface area contributed by atoms with Crippen molar-refractivity contribution in [2.75, 3.05) is 6.54 Å². The molecule has 0 unspecified atom stereocenters. The van der Waals surface area contributed by atoms with E-state index in [-0.39, 0.29) is 18.0 Å². The lowest BCUT2D eigenvalue weighted by molar-refractivity contribution is -0.133. The number of hydrogen-bond acceptors (Lipinski definition) is 5. The van der Waals surface area contributed by atoms with Crippen LogP contribution in [-0.4, -0.2) is 41.8 Å². The third kappa shape index (κ3) is 3.66. The summed E-state index contributed by atoms with van der Waals surface area (Å²) in [6.07, 6.45) is 1.88. The van der Waals surface area contributed by atoms with Gasteiger partial charge in [0.15, 0.2) is 0 Å². The standard InChI is InChI=1S/C19H25N5O3/c1-12-9-13(2)23(19(27)20-12)6-5-17(25)22-7-8-24-15(11-22)10-16(21-24)18(26)14-3-4-14/h9-10,14,18,26H,3-8,11H2,1-2H3/t18-/m0/s1. The van der Waals surface area contributed by atoms with Crippen molar-refractivity contribution in [1.29, 1.82) is 0 Å². The molecule has 1 aliphatic carbocycles. The van der Waals surface area contributed by atoms with Gasteiger partial charge in [0.2, 0.25) is 5.91 Å². The fraction of sp³-hybridized carbons (Fsp3) is 0.579. The van der Waals surface area contributed by atoms with Crippen LogP contribution in [0.2, 0.25) is 0 Å². The van der Waals surface area contributed by atoms with Gasteiger partial charge in [-0.25, -0.2) is 4.79 Å². The topological polar surface area (TPSA) is 93.3 Å². The van der Waals surface area contributed by atoms with Crippen molar-refractivity contribution in [2.45, 2.75) is 58.8 Å². The first-order chi connectivity index (χ1) is 12.9. The molecule has 0 bridgehead atoms. The zero-order valence-electron chi connectivity index (χ0n) is 15.8. The molecule has 2 aromatic rings. The highest BCUT2D eigenvalue weighted by Crippen LogP contribution is 2.40. The Hall–Kier alpha value is -2.48. The number of aliphatic hydroxyl groups is 1. The average molecular weight is 371 g/mol. The van der Waals surface area contributed by atoms with E-state index in [9.17, 15) is 14.7 Å². The molecular weight excluding hydrogens is 346 g/mol. The molecule has 3 heterocycles. The molecule has 0 radical (unpaired) electrons. The summed E-state index contributed by atoms with van der Waals surface area (Å²) in [7, 11) is 0. The van der Waals surface area contributed by atoms with E-state index in [0.29, 0.717) is 37.8 Å². The van der Waals surface area contributed by atoms with Crippen molar-refractivity contribution in [3.63, 3.8) is 0 Å². The summed E-state index contributed by atoms with van der Waals surface area (Å²) in [6.45, 7) is 5.68. The minimum absolute atomic E-state index is 0.0126. The highest BCUT2D eigenvalue weighted by Gasteiger charge is 2.33. The molecule has 1 saturated carbocycles. The maximum atomic E-state index is 12.6. The Labute approximate surface area is 157 Å². The molecular formula is C19H25N5O3. The lowest BCUT2D eigenvalue weighted by Crippen LogP contribution is -2.39. The van der Waals surface area contributed by atoms with Crippen molar-refractivity contribution in [3.05, 3.63) is 45.4 Å². The second kappa shape index (κ2) is 6.92. The van der Waals surface area contributed by atoms with Crippen LogP contribution in [0.1, 0.15) is 48.1 Å². The summed E-state index contributed by atoms with van der Waals surface area (Å²) < 4.78 is 3.44. The van der Waals surface area contributed by atoms with Crippen LogP contribution in [0.3, 0.4) is 0 Å². The van der Waals surface area contributed by atoms with Gasteiger partial charge in [-0.05, 0) is 44.7 Å². The van der Waals surface area contributed by atoms with Crippen molar-refractivity contribution in [2.24, 2.45) is 5.92 Å². The van der Waals surface area contributed by atoms with Gasteiger partial charge in [-0.3, -0.25) is 14.0 Å². The molecule has 2 aromatic heterocycles. The highest BCUT2D eigenvalue weighted by atomic mass is 16.3. The van der Waals surface area contributed by atoms with Gasteiger partial charge >= 0.3 is 5.69 Å². The van der Waals surface area contributed by atoms with E-state index in [2.05, 4.69) is 10.1 Å². The Morgan fingerprint density at radius 2 is 2.07 bits per heavy atom. The van der Waals surface area contributed by atoms with Crippen LogP contribution >= 0.6 is 0 Å². The molecule has 1 N–H and O–H groups in total. The Morgan fingerprint density at radius 3 is 2.78 bits per heavy atom. The predicted octanol–water partition coefficient (Wildman–Crippen LogP) is 0.933. The first-order valence-electron chi connectivity index (χ1n) is 9.50. The molecule has 27 heavy (non-hydrogen) atoms. The summed E-state index contributed by atoms with van der Waals surface area (Å²) >= 11 is 0. The average Bonchev–Trinajstić information content (AvgIpc) is 3.38. The van der Waals surface area contributed by atoms with E-state index in [1.165, 1.54) is 0 Å². The zero-order chi connectivity index (χ0) is 19.1. The van der Waals surface area contributed by atoms with Crippen LogP contribution in [0.5, 0.6) is 0 Å². The van der Waals surface area contributed by atoms with Gasteiger partial charge in [0.05, 0.1) is 24.5 Å². The quantitative estimate of drug-likeness (QED) is 0.844. The summed E-state index contributed by atoms with van der Waals surface area (Å²) in [5.74, 6) is 0.350. The molecule has 1 aliphatic heterocycles. The van der Waals surface area contributed by atoms with Crippen LogP contribution in [0.4, 0.5) is 0 Å². The second-order valence-electron chi connectivity index (χ2n) is 7.60. The molecule has 0 saturated heterocycles. The summed E-state index contributed by atoms with van der Waals surface area (Å²) in [6, 6.07) is 3.76. The van der Waals surface area contributed by atoms with Crippen LogP contribution in [0.15, 0.2) is 16.9 Å². The van der Waals surface area contributed by atoms with Crippen molar-refractivity contribution in [1.82, 2.24) is 24.2 Å². The Morgan fingerprint density at radius 1 is 1.30 bits per heavy atom. The van der Waals surface area contributed by atoms with Gasteiger partial charge in [-0.15, -0.1) is 0 Å². The molecule has 144 valence electrons. The molecule has 8 heteroatoms. The second-order valence-corrected chi connectivity index (χ2v) is 7.60. The van der Waals surface area contributed by atoms with E-state index in [0.717, 1.165) is 29.9 Å². The van der Waals surface area contributed by atoms with Crippen LogP contribution in [0, 0.1) is 19.8 Å². The third-order valence-electron chi connectivity index (χ3n) is 5.44. The van der Waals surface area contributed by atoms with E-state index in [4.69, 9.17) is 0 Å². The smallest absolute Gasteiger partial charge is 0.347 e. The number of fused-ring (bicyclic) bond motifs is 1. The maximum Gasteiger partial charge on any atom is 0.347 e. The Kier molecular flexibility index (Phi) is 4.59. The molecule has 1 amide bonds. The van der Waals surface area contributed by atoms with Crippen molar-refractivity contribution in [3.8, 4) is 0 Å². The highest BCUT2D eigenvalue weighted by molar-refractivity contribution is 5.76. The van der Waals surface area contributed by atoms with Crippen LogP contribution < -0.4 is 5.69 Å². The van der Waals surface area contributed by atoms with E-state index >= 15 is 0 Å². The number of amides is 1. The van der Waals surface area contributed by atoms with Gasteiger partial charge in [0, 0.05) is 30.9 Å². The summed E-state index contributed by atoms with van der Waals surface area (Å²) in [5.41, 5.74) is 2.87.